The molecule has 7 rings (SSSR count). The summed E-state index contributed by atoms with van der Waals surface area (Å²) in [5, 5.41) is 12.9. The molecule has 3 aliphatic heterocycles. The van der Waals surface area contributed by atoms with E-state index in [0.717, 1.165) is 36.2 Å². The van der Waals surface area contributed by atoms with Crippen molar-refractivity contribution in [2.24, 2.45) is 5.41 Å². The molecule has 49 heavy (non-hydrogen) atoms. The van der Waals surface area contributed by atoms with E-state index >= 15 is 4.39 Å². The molecule has 11 nitrogen and oxygen atoms in total. The minimum Gasteiger partial charge on any atom is -0.481 e. The fourth-order valence-electron chi connectivity index (χ4n) is 7.05. The molecule has 6 heterocycles. The van der Waals surface area contributed by atoms with E-state index in [-0.39, 0.29) is 29.1 Å². The number of rotatable bonds is 11. The number of benzene rings is 1. The Kier molecular flexibility index (Phi) is 9.19. The van der Waals surface area contributed by atoms with Crippen LogP contribution in [-0.4, -0.2) is 71.0 Å². The molecule has 0 bridgehead atoms. The quantitative estimate of drug-likeness (QED) is 0.177. The smallest absolute Gasteiger partial charge is 0.220 e. The molecule has 254 valence electrons. The summed E-state index contributed by atoms with van der Waals surface area (Å²) in [6.45, 7) is 5.78. The fraction of sp³-hybridized carbons (Fsp3) is 0.361. The van der Waals surface area contributed by atoms with Gasteiger partial charge in [-0.3, -0.25) is 19.5 Å². The van der Waals surface area contributed by atoms with Gasteiger partial charge in [0, 0.05) is 104 Å². The third kappa shape index (κ3) is 6.81. The third-order valence-corrected chi connectivity index (χ3v) is 9.99. The number of hydrogen-bond donors (Lipinski definition) is 4. The second-order valence-corrected chi connectivity index (χ2v) is 13.5. The number of carbonyl (C=O) groups excluding carboxylic acids is 2. The molecule has 1 unspecified atom stereocenters. The van der Waals surface area contributed by atoms with E-state index in [1.165, 1.54) is 0 Å². The monoisotopic (exact) mass is 684 g/mol. The summed E-state index contributed by atoms with van der Waals surface area (Å²) in [4.78, 5) is 39.0. The van der Waals surface area contributed by atoms with Crippen LogP contribution in [0.3, 0.4) is 0 Å². The Bertz CT molecular complexity index is 1920. The molecule has 1 atom stereocenters. The van der Waals surface area contributed by atoms with Gasteiger partial charge in [0.1, 0.15) is 0 Å². The topological polar surface area (TPSA) is 133 Å². The van der Waals surface area contributed by atoms with E-state index < -0.39 is 5.82 Å². The molecule has 4 N–H and O–H groups in total. The number of nitrogens with one attached hydrogen (secondary N) is 4. The van der Waals surface area contributed by atoms with Gasteiger partial charge in [-0.25, -0.2) is 14.4 Å². The number of hydrogen-bond acceptors (Lipinski definition) is 9. The molecule has 3 aliphatic rings. The molecule has 0 aliphatic carbocycles. The molecular weight excluding hydrogens is 647 g/mol. The SMILES string of the molecule is COc1nc(-c2ccnc(-c3cccc(Nc4nccc(CN5CC6(CNC(=O)C6)C5)c4F)c3C)c2Cl)ccc1CNCC1CCC(=O)N1. The van der Waals surface area contributed by atoms with E-state index in [4.69, 9.17) is 21.3 Å². The van der Waals surface area contributed by atoms with Crippen LogP contribution in [0.1, 0.15) is 36.0 Å². The van der Waals surface area contributed by atoms with Gasteiger partial charge in [0.2, 0.25) is 17.7 Å². The van der Waals surface area contributed by atoms with Crippen molar-refractivity contribution in [1.29, 1.82) is 0 Å². The first kappa shape index (κ1) is 32.9. The number of nitrogens with zero attached hydrogens (tertiary/aromatic N) is 4. The first-order chi connectivity index (χ1) is 23.7. The van der Waals surface area contributed by atoms with E-state index in [1.54, 1.807) is 25.6 Å². The lowest BCUT2D eigenvalue weighted by molar-refractivity contribution is -0.121. The van der Waals surface area contributed by atoms with Crippen LogP contribution in [0.4, 0.5) is 15.9 Å². The van der Waals surface area contributed by atoms with Crippen LogP contribution in [-0.2, 0) is 22.7 Å². The fourth-order valence-corrected chi connectivity index (χ4v) is 7.36. The highest BCUT2D eigenvalue weighted by Crippen LogP contribution is 2.40. The minimum absolute atomic E-state index is 0.0222. The zero-order chi connectivity index (χ0) is 34.1. The van der Waals surface area contributed by atoms with Crippen molar-refractivity contribution in [3.05, 3.63) is 82.4 Å². The van der Waals surface area contributed by atoms with Crippen LogP contribution in [0.2, 0.25) is 5.02 Å². The summed E-state index contributed by atoms with van der Waals surface area (Å²) < 4.78 is 21.4. The van der Waals surface area contributed by atoms with Gasteiger partial charge in [0.25, 0.3) is 0 Å². The van der Waals surface area contributed by atoms with Crippen LogP contribution in [0.5, 0.6) is 5.88 Å². The Morgan fingerprint density at radius 1 is 1.06 bits per heavy atom. The molecule has 3 aromatic heterocycles. The molecule has 3 fully saturated rings. The van der Waals surface area contributed by atoms with E-state index in [9.17, 15) is 9.59 Å². The first-order valence-corrected chi connectivity index (χ1v) is 16.8. The van der Waals surface area contributed by atoms with Gasteiger partial charge < -0.3 is 26.0 Å². The third-order valence-electron chi connectivity index (χ3n) is 9.61. The van der Waals surface area contributed by atoms with Crippen molar-refractivity contribution < 1.29 is 18.7 Å². The second kappa shape index (κ2) is 13.7. The number of halogens is 2. The number of aromatic nitrogens is 3. The van der Waals surface area contributed by atoms with Crippen molar-refractivity contribution in [3.8, 4) is 28.4 Å². The van der Waals surface area contributed by atoms with Crippen molar-refractivity contribution >= 4 is 34.9 Å². The number of pyridine rings is 3. The molecule has 4 aromatic rings. The lowest BCUT2D eigenvalue weighted by atomic mass is 9.79. The van der Waals surface area contributed by atoms with Crippen molar-refractivity contribution in [2.75, 3.05) is 38.6 Å². The first-order valence-electron chi connectivity index (χ1n) is 16.4. The van der Waals surface area contributed by atoms with Crippen molar-refractivity contribution in [2.45, 2.75) is 45.3 Å². The van der Waals surface area contributed by atoms with E-state index in [0.29, 0.717) is 78.1 Å². The van der Waals surface area contributed by atoms with Crippen molar-refractivity contribution in [1.82, 2.24) is 35.8 Å². The number of carbonyl (C=O) groups is 2. The maximum absolute atomic E-state index is 15.7. The average Bonchev–Trinajstić information content (AvgIpc) is 3.69. The number of methoxy groups -OCH3 is 1. The normalized spacial score (nSPS) is 18.3. The summed E-state index contributed by atoms with van der Waals surface area (Å²) in [6.07, 6.45) is 5.22. The maximum atomic E-state index is 15.7. The second-order valence-electron chi connectivity index (χ2n) is 13.2. The van der Waals surface area contributed by atoms with Crippen LogP contribution in [0.25, 0.3) is 22.5 Å². The number of anilines is 2. The van der Waals surface area contributed by atoms with Gasteiger partial charge in [0.05, 0.1) is 23.5 Å². The van der Waals surface area contributed by atoms with Gasteiger partial charge in [-0.2, -0.15) is 0 Å². The Hall–Kier alpha value is -4.65. The molecule has 3 saturated heterocycles. The summed E-state index contributed by atoms with van der Waals surface area (Å²) in [6, 6.07) is 13.2. The Labute approximate surface area is 289 Å². The van der Waals surface area contributed by atoms with Crippen LogP contribution in [0, 0.1) is 18.2 Å². The standard InChI is InChI=1S/C36H38ClFN8O3/c1-21-25(4-3-5-27(21)44-34-32(38)23(10-12-41-34)17-46-19-36(20-46)14-30(48)42-18-36)33-31(37)26(11-13-40-33)28-8-6-22(35(45-28)49-2)15-39-16-24-7-9-29(47)43-24/h3-6,8,10-13,24,39H,7,9,14-20H2,1-2H3,(H,41,44)(H,42,48)(H,43,47). The molecule has 1 aromatic carbocycles. The Morgan fingerprint density at radius 3 is 2.65 bits per heavy atom. The van der Waals surface area contributed by atoms with Gasteiger partial charge in [0.15, 0.2) is 11.6 Å². The van der Waals surface area contributed by atoms with Crippen LogP contribution >= 0.6 is 11.6 Å². The van der Waals surface area contributed by atoms with E-state index in [2.05, 4.69) is 36.1 Å². The molecular formula is C36H38ClFN8O3. The highest BCUT2D eigenvalue weighted by Gasteiger charge is 2.48. The maximum Gasteiger partial charge on any atom is 0.220 e. The summed E-state index contributed by atoms with van der Waals surface area (Å²) in [5.74, 6) is 0.389. The van der Waals surface area contributed by atoms with Gasteiger partial charge >= 0.3 is 0 Å². The zero-order valence-electron chi connectivity index (χ0n) is 27.4. The van der Waals surface area contributed by atoms with E-state index in [1.807, 2.05) is 43.3 Å². The van der Waals surface area contributed by atoms with Crippen LogP contribution < -0.4 is 26.0 Å². The predicted octanol–water partition coefficient (Wildman–Crippen LogP) is 4.75. The van der Waals surface area contributed by atoms with Gasteiger partial charge in [-0.1, -0.05) is 29.8 Å². The van der Waals surface area contributed by atoms with Crippen LogP contribution in [0.15, 0.2) is 54.9 Å². The van der Waals surface area contributed by atoms with Gasteiger partial charge in [-0.15, -0.1) is 0 Å². The van der Waals surface area contributed by atoms with Gasteiger partial charge in [-0.05, 0) is 43.2 Å². The lowest BCUT2D eigenvalue weighted by Crippen LogP contribution is -2.56. The molecule has 0 radical (unpaired) electrons. The Morgan fingerprint density at radius 2 is 1.90 bits per heavy atom. The molecule has 0 saturated carbocycles. The summed E-state index contributed by atoms with van der Waals surface area (Å²) >= 11 is 7.02. The number of amides is 2. The zero-order valence-corrected chi connectivity index (χ0v) is 28.2. The number of ether oxygens (including phenoxy) is 1. The highest BCUT2D eigenvalue weighted by atomic mass is 35.5. The summed E-state index contributed by atoms with van der Waals surface area (Å²) in [7, 11) is 1.58. The predicted molar refractivity (Wildman–Crippen MR) is 185 cm³/mol. The molecule has 2 amide bonds. The molecule has 13 heteroatoms. The largest absolute Gasteiger partial charge is 0.481 e. The lowest BCUT2D eigenvalue weighted by Gasteiger charge is -2.47. The minimum atomic E-state index is -0.406. The summed E-state index contributed by atoms with van der Waals surface area (Å²) in [5.41, 5.74) is 5.60. The Balaban J connectivity index is 1.07. The number of likely N-dealkylation sites (tertiary alicyclic amines) is 1. The van der Waals surface area contributed by atoms with Crippen molar-refractivity contribution in [3.63, 3.8) is 0 Å². The average molecular weight is 685 g/mol. The highest BCUT2D eigenvalue weighted by molar-refractivity contribution is 6.35. The molecule has 1 spiro atoms.